The van der Waals surface area contributed by atoms with Crippen molar-refractivity contribution in [3.63, 3.8) is 0 Å². The molecule has 0 unspecified atom stereocenters. The highest BCUT2D eigenvalue weighted by molar-refractivity contribution is 7.90. The van der Waals surface area contributed by atoms with Crippen LogP contribution in [-0.2, 0) is 26.3 Å². The van der Waals surface area contributed by atoms with Gasteiger partial charge in [0.15, 0.2) is 0 Å². The smallest absolute Gasteiger partial charge is 0.304 e. The highest BCUT2D eigenvalue weighted by Gasteiger charge is 2.35. The third-order valence-electron chi connectivity index (χ3n) is 5.87. The monoisotopic (exact) mass is 584 g/mol. The third-order valence-corrected chi connectivity index (χ3v) is 8.42. The van der Waals surface area contributed by atoms with E-state index in [0.29, 0.717) is 33.3 Å². The van der Waals surface area contributed by atoms with E-state index < -0.39 is 34.2 Å². The van der Waals surface area contributed by atoms with Gasteiger partial charge in [-0.25, -0.2) is 4.31 Å². The maximum Gasteiger partial charge on any atom is 0.304 e. The van der Waals surface area contributed by atoms with E-state index in [1.807, 2.05) is 39.8 Å². The summed E-state index contributed by atoms with van der Waals surface area (Å²) in [5.41, 5.74) is 2.07. The van der Waals surface area contributed by atoms with E-state index in [0.717, 1.165) is 14.2 Å². The fourth-order valence-corrected chi connectivity index (χ4v) is 5.33. The van der Waals surface area contributed by atoms with Crippen LogP contribution >= 0.6 is 23.2 Å². The lowest BCUT2D eigenvalue weighted by molar-refractivity contribution is -0.141. The fraction of sp³-hybridized carbons (Fsp3) is 0.481. The Hall–Kier alpha value is -2.33. The molecule has 11 heteroatoms. The van der Waals surface area contributed by atoms with Crippen LogP contribution in [0, 0.1) is 13.8 Å². The Kier molecular flexibility index (Phi) is 10.6. The second-order valence-corrected chi connectivity index (χ2v) is 13.4. The lowest BCUT2D eigenvalue weighted by atomic mass is 10.1. The van der Waals surface area contributed by atoms with Crippen molar-refractivity contribution in [1.82, 2.24) is 14.5 Å². The second kappa shape index (κ2) is 12.7. The van der Waals surface area contributed by atoms with Crippen LogP contribution in [0.2, 0.25) is 10.0 Å². The van der Waals surface area contributed by atoms with Crippen LogP contribution in [0.3, 0.4) is 0 Å². The summed E-state index contributed by atoms with van der Waals surface area (Å²) in [5, 5.41) is 3.62. The molecule has 0 bridgehead atoms. The Morgan fingerprint density at radius 2 is 1.63 bits per heavy atom. The first kappa shape index (κ1) is 31.9. The van der Waals surface area contributed by atoms with Gasteiger partial charge in [-0.2, -0.15) is 12.7 Å². The molecule has 0 heterocycles. The minimum absolute atomic E-state index is 0.0362. The Balaban J connectivity index is 2.60. The zero-order valence-corrected chi connectivity index (χ0v) is 25.6. The van der Waals surface area contributed by atoms with Crippen LogP contribution in [-0.4, -0.2) is 61.7 Å². The summed E-state index contributed by atoms with van der Waals surface area (Å²) in [7, 11) is -1.22. The number of rotatable bonds is 10. The van der Waals surface area contributed by atoms with Crippen LogP contribution in [0.4, 0.5) is 5.69 Å². The van der Waals surface area contributed by atoms with Gasteiger partial charge in [0, 0.05) is 26.2 Å². The zero-order valence-electron chi connectivity index (χ0n) is 23.3. The van der Waals surface area contributed by atoms with Crippen LogP contribution in [0.1, 0.15) is 50.8 Å². The molecule has 38 heavy (non-hydrogen) atoms. The van der Waals surface area contributed by atoms with Crippen molar-refractivity contribution in [2.24, 2.45) is 0 Å². The quantitative estimate of drug-likeness (QED) is 0.428. The maximum absolute atomic E-state index is 14.0. The molecule has 0 saturated carbocycles. The van der Waals surface area contributed by atoms with Gasteiger partial charge in [-0.15, -0.1) is 0 Å². The number of benzene rings is 2. The van der Waals surface area contributed by atoms with E-state index in [9.17, 15) is 18.0 Å². The maximum atomic E-state index is 14.0. The minimum Gasteiger partial charge on any atom is -0.350 e. The standard InChI is InChI=1S/C27H38Cl2N4O4S/c1-9-23(26(35)30-27(4,5)6)32(16-20-12-13-21(28)22(29)15-20)25(34)17-33(38(36,37)31(7)8)24-14-18(2)10-11-19(24)3/h10-15,23H,9,16-17H2,1-8H3,(H,30,35)/t23-/m1/s1. The first-order valence-corrected chi connectivity index (χ1v) is 14.5. The van der Waals surface area contributed by atoms with Gasteiger partial charge in [-0.1, -0.05) is 48.3 Å². The van der Waals surface area contributed by atoms with Gasteiger partial charge < -0.3 is 10.2 Å². The largest absolute Gasteiger partial charge is 0.350 e. The van der Waals surface area contributed by atoms with Crippen molar-refractivity contribution in [1.29, 1.82) is 0 Å². The molecule has 1 atom stereocenters. The number of carbonyl (C=O) groups excluding carboxylic acids is 2. The van der Waals surface area contributed by atoms with Crippen molar-refractivity contribution < 1.29 is 18.0 Å². The van der Waals surface area contributed by atoms with Gasteiger partial charge in [0.2, 0.25) is 11.8 Å². The molecular weight excluding hydrogens is 547 g/mol. The van der Waals surface area contributed by atoms with E-state index in [-0.39, 0.29) is 12.5 Å². The van der Waals surface area contributed by atoms with Crippen molar-refractivity contribution in [2.75, 3.05) is 24.9 Å². The Morgan fingerprint density at radius 1 is 1.00 bits per heavy atom. The van der Waals surface area contributed by atoms with Crippen LogP contribution in [0.5, 0.6) is 0 Å². The molecule has 2 aromatic rings. The van der Waals surface area contributed by atoms with Crippen molar-refractivity contribution in [3.05, 3.63) is 63.1 Å². The molecule has 0 radical (unpaired) electrons. The molecule has 0 saturated heterocycles. The lowest BCUT2D eigenvalue weighted by Gasteiger charge is -2.35. The predicted molar refractivity (Wildman–Crippen MR) is 155 cm³/mol. The summed E-state index contributed by atoms with van der Waals surface area (Å²) in [6.45, 7) is 10.6. The molecule has 2 rings (SSSR count). The average molecular weight is 586 g/mol. The average Bonchev–Trinajstić information content (AvgIpc) is 2.79. The molecule has 2 aromatic carbocycles. The number of anilines is 1. The van der Waals surface area contributed by atoms with E-state index >= 15 is 0 Å². The molecule has 0 aromatic heterocycles. The van der Waals surface area contributed by atoms with Gasteiger partial charge in [-0.05, 0) is 75.9 Å². The predicted octanol–water partition coefficient (Wildman–Crippen LogP) is 4.95. The Bertz CT molecular complexity index is 1280. The van der Waals surface area contributed by atoms with Crippen LogP contribution in [0.25, 0.3) is 0 Å². The number of halogens is 2. The number of hydrogen-bond acceptors (Lipinski definition) is 4. The summed E-state index contributed by atoms with van der Waals surface area (Å²) < 4.78 is 29.0. The van der Waals surface area contributed by atoms with Gasteiger partial charge >= 0.3 is 10.2 Å². The van der Waals surface area contributed by atoms with E-state index in [4.69, 9.17) is 23.2 Å². The number of aryl methyl sites for hydroxylation is 2. The summed E-state index contributed by atoms with van der Waals surface area (Å²) in [5.74, 6) is -0.861. The second-order valence-electron chi connectivity index (χ2n) is 10.5. The van der Waals surface area contributed by atoms with Crippen LogP contribution in [0.15, 0.2) is 36.4 Å². The van der Waals surface area contributed by atoms with Crippen molar-refractivity contribution in [2.45, 2.75) is 66.1 Å². The fourth-order valence-electron chi connectivity index (χ4n) is 3.90. The highest BCUT2D eigenvalue weighted by atomic mass is 35.5. The molecule has 0 fully saturated rings. The lowest BCUT2D eigenvalue weighted by Crippen LogP contribution is -2.55. The number of hydrogen-bond donors (Lipinski definition) is 1. The van der Waals surface area contributed by atoms with E-state index in [1.54, 1.807) is 38.1 Å². The summed E-state index contributed by atoms with van der Waals surface area (Å²) in [6.07, 6.45) is 0.318. The number of carbonyl (C=O) groups is 2. The van der Waals surface area contributed by atoms with Gasteiger partial charge in [0.05, 0.1) is 15.7 Å². The molecule has 210 valence electrons. The normalized spacial score (nSPS) is 12.8. The topological polar surface area (TPSA) is 90.0 Å². The molecular formula is C27H38Cl2N4O4S. The molecule has 0 spiro atoms. The zero-order chi connectivity index (χ0) is 29.0. The Labute approximate surface area is 237 Å². The third kappa shape index (κ3) is 8.09. The summed E-state index contributed by atoms with van der Waals surface area (Å²) in [6, 6.07) is 9.56. The molecule has 0 aliphatic rings. The number of amides is 2. The molecule has 2 amide bonds. The molecule has 1 N–H and O–H groups in total. The van der Waals surface area contributed by atoms with Crippen LogP contribution < -0.4 is 9.62 Å². The van der Waals surface area contributed by atoms with Gasteiger partial charge in [0.25, 0.3) is 0 Å². The SMILES string of the molecule is CC[C@H](C(=O)NC(C)(C)C)N(Cc1ccc(Cl)c(Cl)c1)C(=O)CN(c1cc(C)ccc1C)S(=O)(=O)N(C)C. The van der Waals surface area contributed by atoms with E-state index in [1.165, 1.54) is 19.0 Å². The first-order chi connectivity index (χ1) is 17.5. The van der Waals surface area contributed by atoms with E-state index in [2.05, 4.69) is 5.32 Å². The number of nitrogens with one attached hydrogen (secondary N) is 1. The van der Waals surface area contributed by atoms with Gasteiger partial charge in [0.1, 0.15) is 12.6 Å². The van der Waals surface area contributed by atoms with Gasteiger partial charge in [-0.3, -0.25) is 9.59 Å². The molecule has 8 nitrogen and oxygen atoms in total. The Morgan fingerprint density at radius 3 is 2.16 bits per heavy atom. The van der Waals surface area contributed by atoms with Crippen molar-refractivity contribution >= 4 is 50.9 Å². The highest BCUT2D eigenvalue weighted by Crippen LogP contribution is 2.27. The summed E-state index contributed by atoms with van der Waals surface area (Å²) >= 11 is 12.3. The minimum atomic E-state index is -4.05. The number of nitrogens with zero attached hydrogens (tertiary/aromatic N) is 3. The molecule has 0 aliphatic heterocycles. The first-order valence-electron chi connectivity index (χ1n) is 12.3. The molecule has 0 aliphatic carbocycles. The summed E-state index contributed by atoms with van der Waals surface area (Å²) in [4.78, 5) is 28.7. The van der Waals surface area contributed by atoms with Crippen molar-refractivity contribution in [3.8, 4) is 0 Å².